The molecule has 0 spiro atoms. The molecule has 0 radical (unpaired) electrons. The second kappa shape index (κ2) is 9.84. The van der Waals surface area contributed by atoms with Gasteiger partial charge in [0.25, 0.3) is 0 Å². The van der Waals surface area contributed by atoms with E-state index in [-0.39, 0.29) is 6.29 Å². The molecule has 1 aromatic rings. The first-order valence-electron chi connectivity index (χ1n) is 7.52. The summed E-state index contributed by atoms with van der Waals surface area (Å²) in [4.78, 5) is 2.71. The third kappa shape index (κ3) is 5.77. The molecule has 6 nitrogen and oxygen atoms in total. The molecule has 1 aliphatic heterocycles. The lowest BCUT2D eigenvalue weighted by molar-refractivity contribution is -0.165. The normalized spacial score (nSPS) is 18.1. The summed E-state index contributed by atoms with van der Waals surface area (Å²) in [5.41, 5.74) is 9.19. The van der Waals surface area contributed by atoms with Crippen molar-refractivity contribution in [3.63, 3.8) is 0 Å². The second-order valence-corrected chi connectivity index (χ2v) is 4.87. The first-order chi connectivity index (χ1) is 10.9. The van der Waals surface area contributed by atoms with Crippen LogP contribution in [0.25, 0.3) is 16.5 Å². The Kier molecular flexibility index (Phi) is 7.32. The highest BCUT2D eigenvalue weighted by molar-refractivity contribution is 5.57. The predicted molar refractivity (Wildman–Crippen MR) is 84.5 cm³/mol. The Bertz CT molecular complexity index is 521. The maximum atomic E-state index is 8.24. The fourth-order valence-corrected chi connectivity index (χ4v) is 2.19. The summed E-state index contributed by atoms with van der Waals surface area (Å²) in [5, 5.41) is 3.46. The van der Waals surface area contributed by atoms with Crippen LogP contribution in [0.15, 0.2) is 35.5 Å². The lowest BCUT2D eigenvalue weighted by Crippen LogP contribution is -2.24. The standard InChI is InChI=1S/C16H21N3O3/c17-19-18-10-5-7-14-6-1-2-8-15(14)20-12-13-22-16-9-3-4-11-21-16/h1-2,5-8,16H,3-4,9-13H2/b7-5+. The van der Waals surface area contributed by atoms with E-state index < -0.39 is 0 Å². The molecule has 1 heterocycles. The van der Waals surface area contributed by atoms with Gasteiger partial charge in [0.15, 0.2) is 6.29 Å². The quantitative estimate of drug-likeness (QED) is 0.316. The third-order valence-corrected chi connectivity index (χ3v) is 3.25. The van der Waals surface area contributed by atoms with Crippen LogP contribution < -0.4 is 4.74 Å². The molecule has 1 aromatic carbocycles. The molecule has 1 saturated heterocycles. The molecular formula is C16H21N3O3. The lowest BCUT2D eigenvalue weighted by Gasteiger charge is -2.22. The first kappa shape index (κ1) is 16.4. The minimum absolute atomic E-state index is 0.0867. The van der Waals surface area contributed by atoms with Crippen LogP contribution in [0.3, 0.4) is 0 Å². The van der Waals surface area contributed by atoms with Crippen LogP contribution in [0.4, 0.5) is 0 Å². The van der Waals surface area contributed by atoms with E-state index in [2.05, 4.69) is 10.0 Å². The third-order valence-electron chi connectivity index (χ3n) is 3.25. The SMILES string of the molecule is [N-]=[N+]=NC/C=C/c1ccccc1OCCOC1CCCCO1. The van der Waals surface area contributed by atoms with E-state index in [1.807, 2.05) is 30.3 Å². The van der Waals surface area contributed by atoms with E-state index >= 15 is 0 Å². The van der Waals surface area contributed by atoms with Crippen LogP contribution in [0.5, 0.6) is 5.75 Å². The Morgan fingerprint density at radius 3 is 3.05 bits per heavy atom. The van der Waals surface area contributed by atoms with Crippen molar-refractivity contribution in [1.29, 1.82) is 0 Å². The van der Waals surface area contributed by atoms with Gasteiger partial charge < -0.3 is 14.2 Å². The number of para-hydroxylation sites is 1. The van der Waals surface area contributed by atoms with E-state index in [1.165, 1.54) is 0 Å². The van der Waals surface area contributed by atoms with Crippen molar-refractivity contribution in [2.45, 2.75) is 25.6 Å². The highest BCUT2D eigenvalue weighted by Gasteiger charge is 2.13. The molecule has 22 heavy (non-hydrogen) atoms. The topological polar surface area (TPSA) is 76.5 Å². The van der Waals surface area contributed by atoms with E-state index in [0.717, 1.165) is 37.2 Å². The molecule has 0 aromatic heterocycles. The predicted octanol–water partition coefficient (Wildman–Crippen LogP) is 3.93. The van der Waals surface area contributed by atoms with Gasteiger partial charge in [-0.05, 0) is 30.9 Å². The van der Waals surface area contributed by atoms with Crippen LogP contribution in [-0.2, 0) is 9.47 Å². The Balaban J connectivity index is 1.76. The minimum Gasteiger partial charge on any atom is -0.491 e. The summed E-state index contributed by atoms with van der Waals surface area (Å²) in [6, 6.07) is 7.72. The molecule has 1 atom stereocenters. The number of nitrogens with zero attached hydrogens (tertiary/aromatic N) is 3. The van der Waals surface area contributed by atoms with Gasteiger partial charge in [0.05, 0.1) is 6.61 Å². The van der Waals surface area contributed by atoms with E-state index in [0.29, 0.717) is 19.8 Å². The second-order valence-electron chi connectivity index (χ2n) is 4.87. The van der Waals surface area contributed by atoms with Crippen LogP contribution in [0.2, 0.25) is 0 Å². The average Bonchev–Trinajstić information content (AvgIpc) is 2.57. The monoisotopic (exact) mass is 303 g/mol. The Morgan fingerprint density at radius 1 is 1.32 bits per heavy atom. The number of azide groups is 1. The number of benzene rings is 1. The zero-order valence-electron chi connectivity index (χ0n) is 12.6. The molecule has 6 heteroatoms. The smallest absolute Gasteiger partial charge is 0.157 e. The van der Waals surface area contributed by atoms with Crippen molar-refractivity contribution in [1.82, 2.24) is 0 Å². The van der Waals surface area contributed by atoms with Crippen molar-refractivity contribution < 1.29 is 14.2 Å². The largest absolute Gasteiger partial charge is 0.491 e. The molecule has 0 aliphatic carbocycles. The fourth-order valence-electron chi connectivity index (χ4n) is 2.19. The molecular weight excluding hydrogens is 282 g/mol. The van der Waals surface area contributed by atoms with Crippen molar-refractivity contribution >= 4 is 6.08 Å². The number of hydrogen-bond donors (Lipinski definition) is 0. The summed E-state index contributed by atoms with van der Waals surface area (Å²) in [6.45, 7) is 2.08. The zero-order chi connectivity index (χ0) is 15.5. The Labute approximate surface area is 130 Å². The van der Waals surface area contributed by atoms with Gasteiger partial charge in [-0.3, -0.25) is 0 Å². The minimum atomic E-state index is -0.0867. The van der Waals surface area contributed by atoms with E-state index in [4.69, 9.17) is 19.7 Å². The van der Waals surface area contributed by atoms with Crippen molar-refractivity contribution in [2.24, 2.45) is 5.11 Å². The first-order valence-corrected chi connectivity index (χ1v) is 7.52. The van der Waals surface area contributed by atoms with Gasteiger partial charge >= 0.3 is 0 Å². The maximum Gasteiger partial charge on any atom is 0.157 e. The van der Waals surface area contributed by atoms with E-state index in [9.17, 15) is 0 Å². The molecule has 0 saturated carbocycles. The van der Waals surface area contributed by atoms with Crippen molar-refractivity contribution in [3.05, 3.63) is 46.3 Å². The molecule has 2 rings (SSSR count). The molecule has 1 unspecified atom stereocenters. The Morgan fingerprint density at radius 2 is 2.23 bits per heavy atom. The lowest BCUT2D eigenvalue weighted by atomic mass is 10.2. The highest BCUT2D eigenvalue weighted by Crippen LogP contribution is 2.19. The van der Waals surface area contributed by atoms with E-state index in [1.54, 1.807) is 6.08 Å². The van der Waals surface area contributed by atoms with Gasteiger partial charge in [-0.15, -0.1) is 0 Å². The zero-order valence-corrected chi connectivity index (χ0v) is 12.6. The molecule has 1 aliphatic rings. The van der Waals surface area contributed by atoms with Gasteiger partial charge in [0.1, 0.15) is 12.4 Å². The summed E-state index contributed by atoms with van der Waals surface area (Å²) in [6.07, 6.45) is 6.83. The summed E-state index contributed by atoms with van der Waals surface area (Å²) in [7, 11) is 0. The van der Waals surface area contributed by atoms with Crippen LogP contribution in [0.1, 0.15) is 24.8 Å². The van der Waals surface area contributed by atoms with Gasteiger partial charge in [-0.25, -0.2) is 0 Å². The van der Waals surface area contributed by atoms with Crippen molar-refractivity contribution in [2.75, 3.05) is 26.4 Å². The van der Waals surface area contributed by atoms with Gasteiger partial charge in [0, 0.05) is 23.6 Å². The summed E-state index contributed by atoms with van der Waals surface area (Å²) >= 11 is 0. The van der Waals surface area contributed by atoms with Gasteiger partial charge in [-0.1, -0.05) is 35.5 Å². The number of hydrogen-bond acceptors (Lipinski definition) is 4. The summed E-state index contributed by atoms with van der Waals surface area (Å²) in [5.74, 6) is 0.785. The molecule has 0 amide bonds. The molecule has 1 fully saturated rings. The molecule has 0 bridgehead atoms. The summed E-state index contributed by atoms with van der Waals surface area (Å²) < 4.78 is 16.9. The van der Waals surface area contributed by atoms with Crippen molar-refractivity contribution in [3.8, 4) is 5.75 Å². The number of rotatable bonds is 8. The average molecular weight is 303 g/mol. The molecule has 118 valence electrons. The van der Waals surface area contributed by atoms with Gasteiger partial charge in [-0.2, -0.15) is 0 Å². The van der Waals surface area contributed by atoms with Crippen LogP contribution in [-0.4, -0.2) is 32.7 Å². The number of ether oxygens (including phenoxy) is 3. The van der Waals surface area contributed by atoms with Crippen LogP contribution in [0, 0.1) is 0 Å². The van der Waals surface area contributed by atoms with Gasteiger partial charge in [0.2, 0.25) is 0 Å². The fraction of sp³-hybridized carbons (Fsp3) is 0.500. The molecule has 0 N–H and O–H groups in total. The highest BCUT2D eigenvalue weighted by atomic mass is 16.7. The maximum absolute atomic E-state index is 8.24. The van der Waals surface area contributed by atoms with Crippen LogP contribution >= 0.6 is 0 Å². The Hall–Kier alpha value is -2.01.